The molecule has 3 N–H and O–H groups in total. The first-order valence-corrected chi connectivity index (χ1v) is 6.25. The van der Waals surface area contributed by atoms with E-state index in [2.05, 4.69) is 10.6 Å². The summed E-state index contributed by atoms with van der Waals surface area (Å²) >= 11 is 0. The van der Waals surface area contributed by atoms with Crippen LogP contribution in [-0.2, 0) is 4.79 Å². The van der Waals surface area contributed by atoms with Crippen LogP contribution >= 0.6 is 0 Å². The van der Waals surface area contributed by atoms with Crippen molar-refractivity contribution < 1.29 is 9.90 Å². The van der Waals surface area contributed by atoms with E-state index in [1.54, 1.807) is 0 Å². The third-order valence-corrected chi connectivity index (χ3v) is 3.32. The molecule has 2 rings (SSSR count). The quantitative estimate of drug-likeness (QED) is 0.753. The van der Waals surface area contributed by atoms with E-state index in [1.807, 2.05) is 38.1 Å². The molecule has 4 nitrogen and oxygen atoms in total. The molecular formula is C14H20N2O2. The Hall–Kier alpha value is -1.55. The van der Waals surface area contributed by atoms with Gasteiger partial charge < -0.3 is 15.7 Å². The topological polar surface area (TPSA) is 61.4 Å². The van der Waals surface area contributed by atoms with E-state index in [4.69, 9.17) is 5.11 Å². The molecule has 0 saturated carbocycles. The number of amides is 1. The van der Waals surface area contributed by atoms with Crippen molar-refractivity contribution in [1.29, 1.82) is 0 Å². The van der Waals surface area contributed by atoms with Gasteiger partial charge in [-0.3, -0.25) is 4.79 Å². The number of hydrogen-bond acceptors (Lipinski definition) is 3. The van der Waals surface area contributed by atoms with Crippen LogP contribution < -0.4 is 10.6 Å². The van der Waals surface area contributed by atoms with Crippen molar-refractivity contribution in [2.75, 3.05) is 25.0 Å². The van der Waals surface area contributed by atoms with Gasteiger partial charge in [0.1, 0.15) is 0 Å². The largest absolute Gasteiger partial charge is 0.396 e. The fraction of sp³-hybridized carbons (Fsp3) is 0.500. The van der Waals surface area contributed by atoms with E-state index in [1.165, 1.54) is 0 Å². The van der Waals surface area contributed by atoms with Crippen molar-refractivity contribution in [2.45, 2.75) is 19.8 Å². The molecule has 1 amide bonds. The predicted octanol–water partition coefficient (Wildman–Crippen LogP) is 1.33. The number of rotatable bonds is 4. The van der Waals surface area contributed by atoms with Gasteiger partial charge in [0, 0.05) is 30.8 Å². The SMILES string of the molecule is CC(C)(CO)CNC(=O)C1CNc2ccccc21. The first kappa shape index (κ1) is 12.9. The zero-order chi connectivity index (χ0) is 13.2. The van der Waals surface area contributed by atoms with Gasteiger partial charge in [-0.2, -0.15) is 0 Å². The monoisotopic (exact) mass is 248 g/mol. The second-order valence-corrected chi connectivity index (χ2v) is 5.56. The van der Waals surface area contributed by atoms with Crippen molar-refractivity contribution in [3.8, 4) is 0 Å². The van der Waals surface area contributed by atoms with Gasteiger partial charge >= 0.3 is 0 Å². The van der Waals surface area contributed by atoms with Crippen molar-refractivity contribution in [1.82, 2.24) is 5.32 Å². The zero-order valence-electron chi connectivity index (χ0n) is 10.9. The highest BCUT2D eigenvalue weighted by molar-refractivity contribution is 5.88. The lowest BCUT2D eigenvalue weighted by atomic mass is 9.94. The van der Waals surface area contributed by atoms with Gasteiger partial charge in [0.25, 0.3) is 0 Å². The minimum absolute atomic E-state index is 0.0222. The Morgan fingerprint density at radius 2 is 2.22 bits per heavy atom. The lowest BCUT2D eigenvalue weighted by molar-refractivity contribution is -0.122. The van der Waals surface area contributed by atoms with E-state index in [-0.39, 0.29) is 23.8 Å². The molecule has 1 aromatic carbocycles. The van der Waals surface area contributed by atoms with Crippen LogP contribution in [0.1, 0.15) is 25.3 Å². The molecule has 1 aromatic rings. The smallest absolute Gasteiger partial charge is 0.229 e. The fourth-order valence-electron chi connectivity index (χ4n) is 2.02. The molecule has 0 aromatic heterocycles. The molecule has 0 radical (unpaired) electrons. The number of anilines is 1. The second kappa shape index (κ2) is 4.98. The van der Waals surface area contributed by atoms with Crippen molar-refractivity contribution >= 4 is 11.6 Å². The average molecular weight is 248 g/mol. The molecule has 0 bridgehead atoms. The van der Waals surface area contributed by atoms with Crippen LogP contribution in [0.4, 0.5) is 5.69 Å². The summed E-state index contributed by atoms with van der Waals surface area (Å²) in [6, 6.07) is 7.88. The van der Waals surface area contributed by atoms with E-state index in [9.17, 15) is 4.79 Å². The molecule has 1 atom stereocenters. The Kier molecular flexibility index (Phi) is 3.57. The van der Waals surface area contributed by atoms with E-state index in [0.29, 0.717) is 13.1 Å². The Bertz CT molecular complexity index is 443. The van der Waals surface area contributed by atoms with Crippen LogP contribution in [0.3, 0.4) is 0 Å². The summed E-state index contributed by atoms with van der Waals surface area (Å²) in [4.78, 5) is 12.1. The van der Waals surface area contributed by atoms with Gasteiger partial charge in [0.15, 0.2) is 0 Å². The summed E-state index contributed by atoms with van der Waals surface area (Å²) < 4.78 is 0. The third-order valence-electron chi connectivity index (χ3n) is 3.32. The molecule has 1 heterocycles. The van der Waals surface area contributed by atoms with Crippen molar-refractivity contribution in [2.24, 2.45) is 5.41 Å². The lowest BCUT2D eigenvalue weighted by Crippen LogP contribution is -2.39. The molecule has 0 saturated heterocycles. The number of benzene rings is 1. The summed E-state index contributed by atoms with van der Waals surface area (Å²) in [6.07, 6.45) is 0. The van der Waals surface area contributed by atoms with Gasteiger partial charge in [-0.15, -0.1) is 0 Å². The molecule has 1 aliphatic rings. The number of hydrogen-bond donors (Lipinski definition) is 3. The van der Waals surface area contributed by atoms with Gasteiger partial charge in [-0.05, 0) is 11.6 Å². The maximum absolute atomic E-state index is 12.1. The highest BCUT2D eigenvalue weighted by atomic mass is 16.3. The molecule has 0 spiro atoms. The lowest BCUT2D eigenvalue weighted by Gasteiger charge is -2.23. The summed E-state index contributed by atoms with van der Waals surface area (Å²) in [7, 11) is 0. The van der Waals surface area contributed by atoms with Crippen LogP contribution in [-0.4, -0.2) is 30.7 Å². The first-order valence-electron chi connectivity index (χ1n) is 6.25. The average Bonchev–Trinajstić information content (AvgIpc) is 2.80. The normalized spacial score (nSPS) is 18.1. The number of carbonyl (C=O) groups is 1. The molecule has 0 aliphatic carbocycles. The van der Waals surface area contributed by atoms with Crippen LogP contribution in [0.25, 0.3) is 0 Å². The number of aliphatic hydroxyl groups excluding tert-OH is 1. The third kappa shape index (κ3) is 2.64. The summed E-state index contributed by atoms with van der Waals surface area (Å²) in [5.74, 6) is -0.107. The van der Waals surface area contributed by atoms with E-state index < -0.39 is 0 Å². The number of para-hydroxylation sites is 1. The Morgan fingerprint density at radius 3 is 2.94 bits per heavy atom. The molecule has 1 unspecified atom stereocenters. The number of aliphatic hydroxyl groups is 1. The first-order chi connectivity index (χ1) is 8.53. The summed E-state index contributed by atoms with van der Waals surface area (Å²) in [5.41, 5.74) is 1.82. The number of fused-ring (bicyclic) bond motifs is 1. The van der Waals surface area contributed by atoms with Crippen LogP contribution in [0.2, 0.25) is 0 Å². The Morgan fingerprint density at radius 1 is 1.50 bits per heavy atom. The molecule has 0 fully saturated rings. The summed E-state index contributed by atoms with van der Waals surface area (Å²) in [5, 5.41) is 15.3. The maximum Gasteiger partial charge on any atom is 0.229 e. The molecule has 4 heteroatoms. The zero-order valence-corrected chi connectivity index (χ0v) is 10.9. The van der Waals surface area contributed by atoms with E-state index >= 15 is 0 Å². The highest BCUT2D eigenvalue weighted by Crippen LogP contribution is 2.31. The minimum atomic E-state index is -0.277. The Balaban J connectivity index is 2.00. The van der Waals surface area contributed by atoms with Gasteiger partial charge in [0.2, 0.25) is 5.91 Å². The van der Waals surface area contributed by atoms with Gasteiger partial charge in [-0.1, -0.05) is 32.0 Å². The van der Waals surface area contributed by atoms with Crippen LogP contribution in [0.5, 0.6) is 0 Å². The molecule has 98 valence electrons. The van der Waals surface area contributed by atoms with E-state index in [0.717, 1.165) is 11.3 Å². The number of carbonyl (C=O) groups excluding carboxylic acids is 1. The summed E-state index contributed by atoms with van der Waals surface area (Å²) in [6.45, 7) is 5.04. The minimum Gasteiger partial charge on any atom is -0.396 e. The molecular weight excluding hydrogens is 228 g/mol. The fourth-order valence-corrected chi connectivity index (χ4v) is 2.02. The molecule has 1 aliphatic heterocycles. The second-order valence-electron chi connectivity index (χ2n) is 5.56. The van der Waals surface area contributed by atoms with Crippen LogP contribution in [0, 0.1) is 5.41 Å². The number of nitrogens with one attached hydrogen (secondary N) is 2. The maximum atomic E-state index is 12.1. The van der Waals surface area contributed by atoms with Crippen LogP contribution in [0.15, 0.2) is 24.3 Å². The predicted molar refractivity (Wildman–Crippen MR) is 71.5 cm³/mol. The van der Waals surface area contributed by atoms with Gasteiger partial charge in [-0.25, -0.2) is 0 Å². The highest BCUT2D eigenvalue weighted by Gasteiger charge is 2.29. The standard InChI is InChI=1S/C14H20N2O2/c1-14(2,9-17)8-16-13(18)11-7-15-12-6-4-3-5-10(11)12/h3-6,11,15,17H,7-9H2,1-2H3,(H,16,18). The van der Waals surface area contributed by atoms with Crippen molar-refractivity contribution in [3.05, 3.63) is 29.8 Å². The van der Waals surface area contributed by atoms with Crippen molar-refractivity contribution in [3.63, 3.8) is 0 Å². The Labute approximate surface area is 107 Å². The van der Waals surface area contributed by atoms with Gasteiger partial charge in [0.05, 0.1) is 5.92 Å². The molecule has 18 heavy (non-hydrogen) atoms.